The van der Waals surface area contributed by atoms with Crippen LogP contribution in [0.5, 0.6) is 17.2 Å². The van der Waals surface area contributed by atoms with Crippen molar-refractivity contribution in [2.75, 3.05) is 20.8 Å². The Morgan fingerprint density at radius 1 is 0.963 bits per heavy atom. The molecule has 0 aliphatic carbocycles. The van der Waals surface area contributed by atoms with Crippen molar-refractivity contribution in [1.29, 1.82) is 0 Å². The van der Waals surface area contributed by atoms with Gasteiger partial charge in [0.15, 0.2) is 0 Å². The fraction of sp³-hybridized carbons (Fsp3) is 0.682. The van der Waals surface area contributed by atoms with E-state index in [1.165, 1.54) is 0 Å². The lowest BCUT2D eigenvalue weighted by atomic mass is 9.87. The molecule has 5 nitrogen and oxygen atoms in total. The van der Waals surface area contributed by atoms with Crippen LogP contribution in [-0.2, 0) is 11.2 Å². The van der Waals surface area contributed by atoms with Crippen LogP contribution >= 0.6 is 0 Å². The topological polar surface area (TPSA) is 56.8 Å². The zero-order valence-corrected chi connectivity index (χ0v) is 18.3. The zero-order chi connectivity index (χ0) is 20.7. The number of ether oxygens (including phenoxy) is 3. The second-order valence-corrected chi connectivity index (χ2v) is 9.15. The van der Waals surface area contributed by atoms with E-state index in [0.29, 0.717) is 13.0 Å². The number of amides is 1. The number of unbranched alkanes of at least 4 members (excludes halogenated alkanes) is 1. The first-order valence-corrected chi connectivity index (χ1v) is 9.64. The smallest absolute Gasteiger partial charge is 0.220 e. The van der Waals surface area contributed by atoms with Gasteiger partial charge in [0.05, 0.1) is 20.8 Å². The third kappa shape index (κ3) is 9.03. The average molecular weight is 380 g/mol. The molecule has 0 unspecified atom stereocenters. The summed E-state index contributed by atoms with van der Waals surface area (Å²) in [6.07, 6.45) is 2.96. The number of hydrogen-bond acceptors (Lipinski definition) is 4. The monoisotopic (exact) mass is 379 g/mol. The highest BCUT2D eigenvalue weighted by Gasteiger charge is 2.20. The van der Waals surface area contributed by atoms with Gasteiger partial charge in [-0.25, -0.2) is 0 Å². The minimum Gasteiger partial charge on any atom is -0.496 e. The minimum atomic E-state index is -0.185. The molecule has 1 aromatic carbocycles. The average Bonchev–Trinajstić information content (AvgIpc) is 2.52. The van der Waals surface area contributed by atoms with Crippen molar-refractivity contribution in [3.05, 3.63) is 17.7 Å². The Balaban J connectivity index is 2.62. The molecular formula is C22H37NO4. The van der Waals surface area contributed by atoms with Crippen molar-refractivity contribution in [3.8, 4) is 17.2 Å². The van der Waals surface area contributed by atoms with Crippen LogP contribution in [0, 0.1) is 5.41 Å². The number of hydrogen-bond donors (Lipinski definition) is 1. The van der Waals surface area contributed by atoms with Gasteiger partial charge in [0.2, 0.25) is 5.91 Å². The normalized spacial score (nSPS) is 11.9. The van der Waals surface area contributed by atoms with Gasteiger partial charge in [0.1, 0.15) is 17.2 Å². The molecule has 0 radical (unpaired) electrons. The third-order valence-corrected chi connectivity index (χ3v) is 3.87. The van der Waals surface area contributed by atoms with Crippen LogP contribution < -0.4 is 19.5 Å². The summed E-state index contributed by atoms with van der Waals surface area (Å²) in [6, 6.07) is 3.83. The number of rotatable bonds is 9. The summed E-state index contributed by atoms with van der Waals surface area (Å²) in [7, 11) is 3.33. The first-order chi connectivity index (χ1) is 12.4. The molecule has 1 amide bonds. The van der Waals surface area contributed by atoms with Crippen molar-refractivity contribution < 1.29 is 19.0 Å². The van der Waals surface area contributed by atoms with Gasteiger partial charge in [0, 0.05) is 29.7 Å². The lowest BCUT2D eigenvalue weighted by Gasteiger charge is -2.22. The molecule has 0 aromatic heterocycles. The highest BCUT2D eigenvalue weighted by molar-refractivity contribution is 5.76. The summed E-state index contributed by atoms with van der Waals surface area (Å²) in [6.45, 7) is 13.1. The lowest BCUT2D eigenvalue weighted by Crippen LogP contribution is -2.40. The van der Waals surface area contributed by atoms with Crippen LogP contribution in [0.15, 0.2) is 12.1 Å². The molecular weight excluding hydrogens is 342 g/mol. The number of methoxy groups -OCH3 is 2. The van der Waals surface area contributed by atoms with Gasteiger partial charge in [-0.3, -0.25) is 4.79 Å². The minimum absolute atomic E-state index is 0.0809. The Kier molecular flexibility index (Phi) is 8.45. The van der Waals surface area contributed by atoms with Crippen LogP contribution in [0.3, 0.4) is 0 Å². The second-order valence-electron chi connectivity index (χ2n) is 9.15. The molecule has 0 saturated heterocycles. The first kappa shape index (κ1) is 23.1. The molecule has 27 heavy (non-hydrogen) atoms. The fourth-order valence-corrected chi connectivity index (χ4v) is 2.81. The van der Waals surface area contributed by atoms with E-state index in [0.717, 1.165) is 42.1 Å². The molecule has 0 saturated carbocycles. The van der Waals surface area contributed by atoms with Crippen LogP contribution in [0.2, 0.25) is 0 Å². The van der Waals surface area contributed by atoms with Crippen molar-refractivity contribution in [1.82, 2.24) is 5.32 Å². The quantitative estimate of drug-likeness (QED) is 0.629. The van der Waals surface area contributed by atoms with Crippen LogP contribution in [0.4, 0.5) is 0 Å². The highest BCUT2D eigenvalue weighted by Crippen LogP contribution is 2.38. The zero-order valence-electron chi connectivity index (χ0n) is 18.3. The maximum Gasteiger partial charge on any atom is 0.220 e. The number of nitrogens with one attached hydrogen (secondary N) is 1. The fourth-order valence-electron chi connectivity index (χ4n) is 2.81. The summed E-state index contributed by atoms with van der Waals surface area (Å²) in [4.78, 5) is 11.8. The van der Waals surface area contributed by atoms with E-state index >= 15 is 0 Å². The molecule has 1 N–H and O–H groups in total. The van der Waals surface area contributed by atoms with Gasteiger partial charge in [-0.2, -0.15) is 0 Å². The first-order valence-electron chi connectivity index (χ1n) is 9.64. The number of carbonyl (C=O) groups excluding carboxylic acids is 1. The van der Waals surface area contributed by atoms with Gasteiger partial charge in [0.25, 0.3) is 0 Å². The highest BCUT2D eigenvalue weighted by atomic mass is 16.5. The predicted molar refractivity (Wildman–Crippen MR) is 110 cm³/mol. The Hall–Kier alpha value is -1.91. The number of carbonyl (C=O) groups is 1. The molecule has 0 aliphatic heterocycles. The van der Waals surface area contributed by atoms with Gasteiger partial charge >= 0.3 is 0 Å². The standard InChI is InChI=1S/C22H37NO4/c1-21(2,3)15-17-18(25-7)13-16(14-19(17)26-8)27-12-10-9-11-20(24)23-22(4,5)6/h13-14H,9-12,15H2,1-8H3,(H,23,24). The van der Waals surface area contributed by atoms with Gasteiger partial charge in [-0.1, -0.05) is 20.8 Å². The summed E-state index contributed by atoms with van der Waals surface area (Å²) in [5.41, 5.74) is 0.991. The van der Waals surface area contributed by atoms with Crippen molar-refractivity contribution in [3.63, 3.8) is 0 Å². The summed E-state index contributed by atoms with van der Waals surface area (Å²) < 4.78 is 17.0. The maximum absolute atomic E-state index is 11.8. The van der Waals surface area contributed by atoms with Crippen molar-refractivity contribution >= 4 is 5.91 Å². The molecule has 0 fully saturated rings. The maximum atomic E-state index is 11.8. The Morgan fingerprint density at radius 3 is 1.96 bits per heavy atom. The Labute approximate surface area is 164 Å². The van der Waals surface area contributed by atoms with E-state index in [1.807, 2.05) is 32.9 Å². The van der Waals surface area contributed by atoms with Gasteiger partial charge in [-0.05, 0) is 45.4 Å². The molecule has 0 heterocycles. The Morgan fingerprint density at radius 2 is 1.52 bits per heavy atom. The van der Waals surface area contributed by atoms with Crippen LogP contribution in [0.1, 0.15) is 66.4 Å². The molecule has 0 aliphatic rings. The van der Waals surface area contributed by atoms with Gasteiger partial charge in [-0.15, -0.1) is 0 Å². The number of benzene rings is 1. The summed E-state index contributed by atoms with van der Waals surface area (Å²) in [5, 5.41) is 2.97. The van der Waals surface area contributed by atoms with E-state index < -0.39 is 0 Å². The van der Waals surface area contributed by atoms with Crippen molar-refractivity contribution in [2.24, 2.45) is 5.41 Å². The van der Waals surface area contributed by atoms with E-state index in [-0.39, 0.29) is 16.9 Å². The lowest BCUT2D eigenvalue weighted by molar-refractivity contribution is -0.122. The van der Waals surface area contributed by atoms with Gasteiger partial charge < -0.3 is 19.5 Å². The molecule has 1 rings (SSSR count). The van der Waals surface area contributed by atoms with Crippen LogP contribution in [0.25, 0.3) is 0 Å². The summed E-state index contributed by atoms with van der Waals surface area (Å²) in [5.74, 6) is 2.37. The molecule has 154 valence electrons. The molecule has 0 spiro atoms. The van der Waals surface area contributed by atoms with E-state index in [9.17, 15) is 4.79 Å². The van der Waals surface area contributed by atoms with Crippen LogP contribution in [-0.4, -0.2) is 32.3 Å². The van der Waals surface area contributed by atoms with E-state index in [4.69, 9.17) is 14.2 Å². The summed E-state index contributed by atoms with van der Waals surface area (Å²) >= 11 is 0. The molecule has 0 atom stereocenters. The van der Waals surface area contributed by atoms with E-state index in [2.05, 4.69) is 26.1 Å². The molecule has 1 aromatic rings. The largest absolute Gasteiger partial charge is 0.496 e. The molecule has 5 heteroatoms. The third-order valence-electron chi connectivity index (χ3n) is 3.87. The SMILES string of the molecule is COc1cc(OCCCCC(=O)NC(C)(C)C)cc(OC)c1CC(C)(C)C. The molecule has 0 bridgehead atoms. The second kappa shape index (κ2) is 9.86. The Bertz CT molecular complexity index is 587. The van der Waals surface area contributed by atoms with E-state index in [1.54, 1.807) is 14.2 Å². The predicted octanol–water partition coefficient (Wildman–Crippen LogP) is 4.76. The van der Waals surface area contributed by atoms with Crippen molar-refractivity contribution in [2.45, 2.75) is 72.8 Å².